The Hall–Kier alpha value is -8.40. The maximum absolute atomic E-state index is 13.1. The summed E-state index contributed by atoms with van der Waals surface area (Å²) in [6.45, 7) is 35.3. The molecule has 0 aromatic carbocycles. The molecule has 600 valence electrons. The van der Waals surface area contributed by atoms with Crippen molar-refractivity contribution in [1.82, 2.24) is 54.8 Å². The number of aromatic nitrogens is 12. The zero-order chi connectivity index (χ0) is 78.2. The van der Waals surface area contributed by atoms with Gasteiger partial charge in [-0.2, -0.15) is 0 Å². The van der Waals surface area contributed by atoms with Crippen LogP contribution in [0.3, 0.4) is 0 Å². The van der Waals surface area contributed by atoms with E-state index in [9.17, 15) is 57.5 Å². The monoisotopic (exact) mass is 1520 g/mol. The second-order valence-electron chi connectivity index (χ2n) is 26.5. The van der Waals surface area contributed by atoms with Crippen LogP contribution in [0.15, 0.2) is 133 Å². The Morgan fingerprint density at radius 2 is 0.565 bits per heavy atom. The van der Waals surface area contributed by atoms with Gasteiger partial charge < -0.3 is 56.8 Å². The molecule has 6 fully saturated rings. The van der Waals surface area contributed by atoms with Gasteiger partial charge in [-0.15, -0.1) is 39.5 Å². The lowest BCUT2D eigenvalue weighted by molar-refractivity contribution is 0.0350. The van der Waals surface area contributed by atoms with Crippen molar-refractivity contribution in [3.05, 3.63) is 202 Å². The second-order valence-corrected chi connectivity index (χ2v) is 26.5. The molecule has 10 rings (SSSR count). The Morgan fingerprint density at radius 3 is 0.889 bits per heavy atom. The maximum Gasteiger partial charge on any atom is 0.336 e. The third-order valence-corrected chi connectivity index (χ3v) is 17.4. The van der Waals surface area contributed by atoms with Crippen LogP contribution < -0.4 is 68.3 Å². The van der Waals surface area contributed by atoms with Crippen molar-refractivity contribution in [3.8, 4) is 0 Å². The topological polar surface area (TPSA) is 395 Å². The first kappa shape index (κ1) is 86.8. The van der Waals surface area contributed by atoms with Gasteiger partial charge in [-0.25, -0.2) is 112 Å². The molecule has 0 spiro atoms. The van der Waals surface area contributed by atoms with Gasteiger partial charge in [0.05, 0.1) is 169 Å². The highest BCUT2D eigenvalue weighted by atomic mass is 16.6. The van der Waals surface area contributed by atoms with Crippen molar-refractivity contribution in [2.45, 2.75) is 212 Å². The van der Waals surface area contributed by atoms with E-state index in [0.29, 0.717) is 124 Å². The second kappa shape index (κ2) is 44.9. The lowest BCUT2D eigenvalue weighted by atomic mass is 10.2. The van der Waals surface area contributed by atoms with Crippen molar-refractivity contribution in [1.29, 1.82) is 0 Å². The average molecular weight is 1530 g/mol. The highest BCUT2D eigenvalue weighted by molar-refractivity contribution is 4.88. The SMILES string of the molecule is C=CCCCn1c(=O)n(CCCC=C)c(=O)n(CCCC2CO2)c1=O.C=CCCn1c(=O)n(CCC=C)c(=O)n(CCC2CO2)c1=O.C=CCOC(C)Cn1c(=O)n(CC(C)OCC2CO2)c(=O)n(CC(C)OCC2CO2)c1=O.C=CCOCCn1c(=O)n(CCOCC2CO2)c(=O)n(CCOCC2CO2)c1=O. The number of allylic oxidation sites excluding steroid dienone is 4. The van der Waals surface area contributed by atoms with Gasteiger partial charge in [0.1, 0.15) is 24.4 Å². The summed E-state index contributed by atoms with van der Waals surface area (Å²) < 4.78 is 76.6. The minimum Gasteiger partial charge on any atom is -0.377 e. The molecule has 10 heterocycles. The van der Waals surface area contributed by atoms with Gasteiger partial charge in [0.15, 0.2) is 0 Å². The lowest BCUT2D eigenvalue weighted by Crippen LogP contribution is -2.57. The third kappa shape index (κ3) is 27.9. The Kier molecular flexibility index (Phi) is 36.1. The van der Waals surface area contributed by atoms with Gasteiger partial charge in [0, 0.05) is 39.3 Å². The van der Waals surface area contributed by atoms with E-state index in [1.54, 1.807) is 57.2 Å². The number of unbranched alkanes of at least 4 members (excludes halogenated alkanes) is 2. The number of epoxide rings is 6. The number of nitrogens with zero attached hydrogens (tertiary/aromatic N) is 12. The Morgan fingerprint density at radius 1 is 0.296 bits per heavy atom. The summed E-state index contributed by atoms with van der Waals surface area (Å²) in [5, 5.41) is 0. The first-order valence-corrected chi connectivity index (χ1v) is 36.8. The molecule has 0 bridgehead atoms. The summed E-state index contributed by atoms with van der Waals surface area (Å²) >= 11 is 0. The summed E-state index contributed by atoms with van der Waals surface area (Å²) in [5.74, 6) is 0. The van der Waals surface area contributed by atoms with E-state index in [1.807, 2.05) is 0 Å². The van der Waals surface area contributed by atoms with E-state index >= 15 is 0 Å². The van der Waals surface area contributed by atoms with Crippen LogP contribution in [0, 0.1) is 0 Å². The number of rotatable bonds is 51. The van der Waals surface area contributed by atoms with E-state index < -0.39 is 86.6 Å². The lowest BCUT2D eigenvalue weighted by Gasteiger charge is -2.20. The quantitative estimate of drug-likeness (QED) is 0.0290. The molecule has 0 N–H and O–H groups in total. The van der Waals surface area contributed by atoms with Crippen molar-refractivity contribution < 1.29 is 56.8 Å². The fourth-order valence-electron chi connectivity index (χ4n) is 10.8. The number of hydrogen-bond donors (Lipinski definition) is 0. The molecular weight excluding hydrogens is 1420 g/mol. The molecule has 6 saturated heterocycles. The largest absolute Gasteiger partial charge is 0.377 e. The highest BCUT2D eigenvalue weighted by Gasteiger charge is 2.30. The fraction of sp³-hybridized carbons (Fsp3) is 0.667. The van der Waals surface area contributed by atoms with E-state index in [-0.39, 0.29) is 135 Å². The maximum atomic E-state index is 13.1. The van der Waals surface area contributed by atoms with Crippen LogP contribution in [-0.2, 0) is 135 Å². The molecule has 0 amide bonds. The summed E-state index contributed by atoms with van der Waals surface area (Å²) in [7, 11) is 0. The Balaban J connectivity index is 0.000000202. The summed E-state index contributed by atoms with van der Waals surface area (Å²) in [5.41, 5.74) is -7.37. The van der Waals surface area contributed by atoms with Gasteiger partial charge in [-0.05, 0) is 78.6 Å². The molecule has 6 aliphatic rings. The first-order chi connectivity index (χ1) is 52.1. The Bertz CT molecular complexity index is 4160. The predicted molar refractivity (Wildman–Crippen MR) is 397 cm³/mol. The molecule has 36 nitrogen and oxygen atoms in total. The molecule has 0 aliphatic carbocycles. The highest BCUT2D eigenvalue weighted by Crippen LogP contribution is 2.16. The summed E-state index contributed by atoms with van der Waals surface area (Å²) in [4.78, 5) is 152. The predicted octanol–water partition coefficient (Wildman–Crippen LogP) is -1.03. The van der Waals surface area contributed by atoms with Gasteiger partial charge in [0.2, 0.25) is 0 Å². The van der Waals surface area contributed by atoms with Crippen LogP contribution in [0.2, 0.25) is 0 Å². The van der Waals surface area contributed by atoms with Crippen molar-refractivity contribution in [2.75, 3.05) is 99.1 Å². The normalized spacial score (nSPS) is 19.0. The van der Waals surface area contributed by atoms with Crippen LogP contribution in [-0.4, -0.2) is 209 Å². The minimum absolute atomic E-state index is 0.00207. The number of ether oxygens (including phenoxy) is 12. The average Bonchev–Trinajstić information content (AvgIpc) is 1.76. The van der Waals surface area contributed by atoms with E-state index in [1.165, 1.54) is 13.7 Å². The molecule has 4 aromatic rings. The molecule has 6 aliphatic heterocycles. The zero-order valence-corrected chi connectivity index (χ0v) is 62.5. The number of hydrogen-bond acceptors (Lipinski definition) is 24. The van der Waals surface area contributed by atoms with Crippen LogP contribution in [0.4, 0.5) is 0 Å². The molecule has 108 heavy (non-hydrogen) atoms. The van der Waals surface area contributed by atoms with E-state index in [0.717, 1.165) is 54.1 Å². The Labute approximate surface area is 622 Å². The van der Waals surface area contributed by atoms with Gasteiger partial charge in [-0.3, -0.25) is 0 Å². The molecule has 0 saturated carbocycles. The van der Waals surface area contributed by atoms with Crippen LogP contribution in [0.1, 0.15) is 78.6 Å². The van der Waals surface area contributed by atoms with Crippen LogP contribution >= 0.6 is 0 Å². The first-order valence-electron chi connectivity index (χ1n) is 36.8. The van der Waals surface area contributed by atoms with Crippen molar-refractivity contribution in [3.63, 3.8) is 0 Å². The standard InChI is InChI=1S/C21H33N3O8.C18H27N3O8.C18H27N3O4.C15H21N3O4/c1-5-6-28-14(2)7-22-19(25)23(8-15(3)29-10-17-12-31-17)21(27)24(20(22)26)9-16(4)30-11-18-13-32-18;1-2-6-25-7-3-19-16(22)20(4-8-26-10-14-12-28-14)18(24)21(17(19)23)5-9-27-11-15-13-29-15;1-3-5-7-11-19-16(22)20(12-8-6-4-2)18(24)21(17(19)23)13-9-10-15-14-25-15;1-3-5-8-16-13(19)17(9-6-4-2)15(21)18(14(16)20)10-7-12-11-22-12/h5,14-18H,1,6-13H2,2-4H3;2,14-15H,1,3-13H2;3-4,15H,1-2,5-14H2;3-4,12H,1-2,5-11H2. The van der Waals surface area contributed by atoms with E-state index in [2.05, 4.69) is 39.5 Å². The molecule has 4 aromatic heterocycles. The minimum atomic E-state index is -0.691. The van der Waals surface area contributed by atoms with Gasteiger partial charge >= 0.3 is 68.3 Å². The van der Waals surface area contributed by atoms with Crippen molar-refractivity contribution in [2.24, 2.45) is 0 Å². The van der Waals surface area contributed by atoms with Crippen LogP contribution in [0.5, 0.6) is 0 Å². The van der Waals surface area contributed by atoms with Crippen LogP contribution in [0.25, 0.3) is 0 Å². The fourth-order valence-corrected chi connectivity index (χ4v) is 10.8. The molecule has 36 heteroatoms. The molecule has 9 atom stereocenters. The zero-order valence-electron chi connectivity index (χ0n) is 62.5. The van der Waals surface area contributed by atoms with E-state index in [4.69, 9.17) is 56.8 Å². The molecular formula is C72H108N12O24. The third-order valence-electron chi connectivity index (χ3n) is 17.4. The molecule has 9 unspecified atom stereocenters. The smallest absolute Gasteiger partial charge is 0.336 e. The van der Waals surface area contributed by atoms with Crippen molar-refractivity contribution >= 4 is 0 Å². The van der Waals surface area contributed by atoms with Gasteiger partial charge in [0.25, 0.3) is 0 Å². The summed E-state index contributed by atoms with van der Waals surface area (Å²) in [6, 6.07) is 0. The van der Waals surface area contributed by atoms with Gasteiger partial charge in [-0.1, -0.05) is 36.5 Å². The molecule has 0 radical (unpaired) electrons. The summed E-state index contributed by atoms with van der Waals surface area (Å²) in [6.07, 6.45) is 15.1.